The first-order valence-electron chi connectivity index (χ1n) is 6.36. The molecule has 0 heterocycles. The molecule has 1 aliphatic rings. The zero-order valence-corrected chi connectivity index (χ0v) is 11.8. The van der Waals surface area contributed by atoms with Crippen LogP contribution in [0, 0.1) is 0 Å². The van der Waals surface area contributed by atoms with Gasteiger partial charge in [-0.15, -0.1) is 0 Å². The van der Waals surface area contributed by atoms with Crippen LogP contribution in [-0.4, -0.2) is 14.5 Å². The summed E-state index contributed by atoms with van der Waals surface area (Å²) in [4.78, 5) is 0.288. The number of hydrogen-bond donors (Lipinski definition) is 1. The number of rotatable bonds is 3. The van der Waals surface area contributed by atoms with E-state index < -0.39 is 10.0 Å². The van der Waals surface area contributed by atoms with Crippen molar-refractivity contribution in [3.63, 3.8) is 0 Å². The average molecular weight is 288 g/mol. The summed E-state index contributed by atoms with van der Waals surface area (Å²) < 4.78 is 27.1. The van der Waals surface area contributed by atoms with E-state index in [9.17, 15) is 8.42 Å². The minimum absolute atomic E-state index is 0.0770. The number of halogens is 1. The minimum atomic E-state index is -3.40. The van der Waals surface area contributed by atoms with Crippen LogP contribution < -0.4 is 4.72 Å². The van der Waals surface area contributed by atoms with E-state index in [1.807, 2.05) is 0 Å². The van der Waals surface area contributed by atoms with Gasteiger partial charge >= 0.3 is 0 Å². The molecule has 1 N–H and O–H groups in total. The van der Waals surface area contributed by atoms with Crippen molar-refractivity contribution in [2.45, 2.75) is 49.5 Å². The van der Waals surface area contributed by atoms with Crippen LogP contribution in [0.5, 0.6) is 0 Å². The summed E-state index contributed by atoms with van der Waals surface area (Å²) >= 11 is 5.76. The maximum Gasteiger partial charge on any atom is 0.240 e. The maximum absolute atomic E-state index is 12.2. The Kier molecular flexibility index (Phi) is 4.65. The fourth-order valence-electron chi connectivity index (χ4n) is 2.30. The third kappa shape index (κ3) is 3.70. The summed E-state index contributed by atoms with van der Waals surface area (Å²) in [6.07, 6.45) is 6.50. The van der Waals surface area contributed by atoms with Gasteiger partial charge in [-0.05, 0) is 37.1 Å². The highest BCUT2D eigenvalue weighted by atomic mass is 35.5. The Bertz CT molecular complexity index is 476. The Morgan fingerprint density at radius 2 is 1.56 bits per heavy atom. The van der Waals surface area contributed by atoms with Gasteiger partial charge in [0.15, 0.2) is 0 Å². The zero-order chi connectivity index (χ0) is 13.0. The SMILES string of the molecule is O=S(=O)(NC1CCCCCC1)c1ccc(Cl)cc1. The van der Waals surface area contributed by atoms with Gasteiger partial charge < -0.3 is 0 Å². The van der Waals surface area contributed by atoms with Crippen molar-refractivity contribution in [3.8, 4) is 0 Å². The zero-order valence-electron chi connectivity index (χ0n) is 10.2. The minimum Gasteiger partial charge on any atom is -0.208 e. The predicted molar refractivity (Wildman–Crippen MR) is 73.3 cm³/mol. The van der Waals surface area contributed by atoms with Crippen molar-refractivity contribution in [1.82, 2.24) is 4.72 Å². The first-order valence-corrected chi connectivity index (χ1v) is 8.22. The van der Waals surface area contributed by atoms with Gasteiger partial charge in [0.05, 0.1) is 4.90 Å². The lowest BCUT2D eigenvalue weighted by Crippen LogP contribution is -2.34. The van der Waals surface area contributed by atoms with Crippen LogP contribution >= 0.6 is 11.6 Å². The fraction of sp³-hybridized carbons (Fsp3) is 0.538. The van der Waals surface area contributed by atoms with Gasteiger partial charge in [0.25, 0.3) is 0 Å². The molecule has 0 atom stereocenters. The monoisotopic (exact) mass is 287 g/mol. The second kappa shape index (κ2) is 6.04. The molecular weight excluding hydrogens is 270 g/mol. The highest BCUT2D eigenvalue weighted by Gasteiger charge is 2.20. The van der Waals surface area contributed by atoms with Gasteiger partial charge in [0.1, 0.15) is 0 Å². The molecule has 5 heteroatoms. The van der Waals surface area contributed by atoms with Crippen LogP contribution in [0.4, 0.5) is 0 Å². The van der Waals surface area contributed by atoms with Gasteiger partial charge in [0, 0.05) is 11.1 Å². The van der Waals surface area contributed by atoms with E-state index in [-0.39, 0.29) is 10.9 Å². The van der Waals surface area contributed by atoms with E-state index in [4.69, 9.17) is 11.6 Å². The number of sulfonamides is 1. The molecule has 1 fully saturated rings. The first-order chi connectivity index (χ1) is 8.58. The molecule has 0 bridgehead atoms. The summed E-state index contributed by atoms with van der Waals surface area (Å²) in [6, 6.07) is 6.36. The molecule has 0 radical (unpaired) electrons. The Labute approximate surface area is 114 Å². The highest BCUT2D eigenvalue weighted by Crippen LogP contribution is 2.20. The normalized spacial score (nSPS) is 18.5. The van der Waals surface area contributed by atoms with E-state index in [2.05, 4.69) is 4.72 Å². The molecule has 2 rings (SSSR count). The second-order valence-electron chi connectivity index (χ2n) is 4.76. The molecular formula is C13H18ClNO2S. The van der Waals surface area contributed by atoms with Crippen LogP contribution in [0.15, 0.2) is 29.2 Å². The Balaban J connectivity index is 2.08. The second-order valence-corrected chi connectivity index (χ2v) is 6.91. The van der Waals surface area contributed by atoms with Crippen molar-refractivity contribution in [3.05, 3.63) is 29.3 Å². The van der Waals surface area contributed by atoms with E-state index in [1.165, 1.54) is 12.8 Å². The number of benzene rings is 1. The molecule has 0 aromatic heterocycles. The molecule has 1 aromatic rings. The van der Waals surface area contributed by atoms with Gasteiger partial charge in [-0.3, -0.25) is 0 Å². The van der Waals surface area contributed by atoms with Crippen molar-refractivity contribution in [2.75, 3.05) is 0 Å². The van der Waals surface area contributed by atoms with Crippen molar-refractivity contribution < 1.29 is 8.42 Å². The lowest BCUT2D eigenvalue weighted by atomic mass is 10.1. The van der Waals surface area contributed by atoms with Crippen LogP contribution in [0.1, 0.15) is 38.5 Å². The maximum atomic E-state index is 12.2. The molecule has 3 nitrogen and oxygen atoms in total. The van der Waals surface area contributed by atoms with Gasteiger partial charge in [-0.25, -0.2) is 13.1 Å². The van der Waals surface area contributed by atoms with Crippen molar-refractivity contribution in [1.29, 1.82) is 0 Å². The van der Waals surface area contributed by atoms with Crippen LogP contribution in [0.3, 0.4) is 0 Å². The number of hydrogen-bond acceptors (Lipinski definition) is 2. The molecule has 0 amide bonds. The predicted octanol–water partition coefficient (Wildman–Crippen LogP) is 3.34. The molecule has 100 valence electrons. The average Bonchev–Trinajstić information content (AvgIpc) is 2.57. The lowest BCUT2D eigenvalue weighted by molar-refractivity contribution is 0.510. The summed E-state index contributed by atoms with van der Waals surface area (Å²) in [7, 11) is -3.40. The van der Waals surface area contributed by atoms with E-state index in [0.717, 1.165) is 25.7 Å². The smallest absolute Gasteiger partial charge is 0.208 e. The first kappa shape index (κ1) is 13.8. The van der Waals surface area contributed by atoms with Gasteiger partial charge in [0.2, 0.25) is 10.0 Å². The topological polar surface area (TPSA) is 46.2 Å². The van der Waals surface area contributed by atoms with Crippen molar-refractivity contribution in [2.24, 2.45) is 0 Å². The summed E-state index contributed by atoms with van der Waals surface area (Å²) in [5.41, 5.74) is 0. The summed E-state index contributed by atoms with van der Waals surface area (Å²) in [6.45, 7) is 0. The molecule has 1 saturated carbocycles. The van der Waals surface area contributed by atoms with E-state index in [0.29, 0.717) is 5.02 Å². The Hall–Kier alpha value is -0.580. The fourth-order valence-corrected chi connectivity index (χ4v) is 3.73. The lowest BCUT2D eigenvalue weighted by Gasteiger charge is -2.16. The summed E-state index contributed by atoms with van der Waals surface area (Å²) in [5.74, 6) is 0. The standard InChI is InChI=1S/C13H18ClNO2S/c14-11-7-9-13(10-8-11)18(16,17)15-12-5-3-1-2-4-6-12/h7-10,12,15H,1-6H2. The van der Waals surface area contributed by atoms with Gasteiger partial charge in [-0.1, -0.05) is 37.3 Å². The van der Waals surface area contributed by atoms with Crippen LogP contribution in [-0.2, 0) is 10.0 Å². The van der Waals surface area contributed by atoms with Crippen molar-refractivity contribution >= 4 is 21.6 Å². The third-order valence-electron chi connectivity index (χ3n) is 3.30. The Morgan fingerprint density at radius 3 is 2.11 bits per heavy atom. The largest absolute Gasteiger partial charge is 0.240 e. The molecule has 0 saturated heterocycles. The molecule has 0 aliphatic heterocycles. The number of nitrogens with one attached hydrogen (secondary N) is 1. The molecule has 18 heavy (non-hydrogen) atoms. The molecule has 0 spiro atoms. The quantitative estimate of drug-likeness (QED) is 0.867. The Morgan fingerprint density at radius 1 is 1.00 bits per heavy atom. The summed E-state index contributed by atoms with van der Waals surface area (Å²) in [5, 5.41) is 0.545. The van der Waals surface area contributed by atoms with Gasteiger partial charge in [-0.2, -0.15) is 0 Å². The van der Waals surface area contributed by atoms with E-state index in [1.54, 1.807) is 24.3 Å². The molecule has 1 aromatic carbocycles. The highest BCUT2D eigenvalue weighted by molar-refractivity contribution is 7.89. The van der Waals surface area contributed by atoms with Crippen LogP contribution in [0.25, 0.3) is 0 Å². The third-order valence-corrected chi connectivity index (χ3v) is 5.09. The molecule has 1 aliphatic carbocycles. The molecule has 0 unspecified atom stereocenters. The van der Waals surface area contributed by atoms with E-state index >= 15 is 0 Å². The van der Waals surface area contributed by atoms with Crippen LogP contribution in [0.2, 0.25) is 5.02 Å².